The maximum absolute atomic E-state index is 12.1. The number of rotatable bonds is 4. The summed E-state index contributed by atoms with van der Waals surface area (Å²) >= 11 is 0. The summed E-state index contributed by atoms with van der Waals surface area (Å²) in [5, 5.41) is 8.83. The van der Waals surface area contributed by atoms with E-state index in [0.717, 1.165) is 5.56 Å². The molecule has 0 aliphatic rings. The summed E-state index contributed by atoms with van der Waals surface area (Å²) in [6.07, 6.45) is 0. The van der Waals surface area contributed by atoms with Crippen LogP contribution in [-0.4, -0.2) is 24.4 Å². The second kappa shape index (κ2) is 5.65. The third-order valence-electron chi connectivity index (χ3n) is 2.91. The first kappa shape index (κ1) is 14.2. The van der Waals surface area contributed by atoms with Gasteiger partial charge in [0.2, 0.25) is 5.91 Å². The number of hydrogen-bond donors (Lipinski definition) is 1. The van der Waals surface area contributed by atoms with Crippen molar-refractivity contribution in [3.8, 4) is 6.07 Å². The molecule has 1 rings (SSSR count). The number of nitriles is 1. The largest absolute Gasteiger partial charge is 0.341 e. The lowest BCUT2D eigenvalue weighted by atomic mass is 9.92. The summed E-state index contributed by atoms with van der Waals surface area (Å²) in [5.41, 5.74) is 6.59. The predicted molar refractivity (Wildman–Crippen MR) is 70.5 cm³/mol. The lowest BCUT2D eigenvalue weighted by molar-refractivity contribution is -0.139. The van der Waals surface area contributed by atoms with Gasteiger partial charge in [-0.2, -0.15) is 5.26 Å². The summed E-state index contributed by atoms with van der Waals surface area (Å²) in [5.74, 6) is 0.00682. The van der Waals surface area contributed by atoms with Gasteiger partial charge in [0.25, 0.3) is 0 Å². The minimum Gasteiger partial charge on any atom is -0.341 e. The molecular weight excluding hydrogens is 226 g/mol. The van der Waals surface area contributed by atoms with Crippen LogP contribution in [0.1, 0.15) is 25.0 Å². The average Bonchev–Trinajstić information content (AvgIpc) is 2.37. The fourth-order valence-electron chi connectivity index (χ4n) is 1.69. The van der Waals surface area contributed by atoms with Gasteiger partial charge >= 0.3 is 0 Å². The fraction of sp³-hybridized carbons (Fsp3) is 0.429. The standard InChI is InChI=1S/C14H19N3O/c1-14(2,10-16)13(18)17(3)9-12-6-4-5-11(7-12)8-15/h4-7H,9-10,16H2,1-3H3. The van der Waals surface area contributed by atoms with Crippen molar-refractivity contribution in [1.29, 1.82) is 5.26 Å². The van der Waals surface area contributed by atoms with Crippen molar-refractivity contribution in [3.05, 3.63) is 35.4 Å². The van der Waals surface area contributed by atoms with Crippen LogP contribution in [0.5, 0.6) is 0 Å². The van der Waals surface area contributed by atoms with Crippen molar-refractivity contribution >= 4 is 5.91 Å². The summed E-state index contributed by atoms with van der Waals surface area (Å²) in [6.45, 7) is 4.46. The Morgan fingerprint density at radius 1 is 1.50 bits per heavy atom. The first-order valence-corrected chi connectivity index (χ1v) is 5.85. The topological polar surface area (TPSA) is 70.1 Å². The van der Waals surface area contributed by atoms with E-state index in [0.29, 0.717) is 18.7 Å². The van der Waals surface area contributed by atoms with Gasteiger partial charge in [-0.3, -0.25) is 4.79 Å². The monoisotopic (exact) mass is 245 g/mol. The summed E-state index contributed by atoms with van der Waals surface area (Å²) < 4.78 is 0. The maximum Gasteiger partial charge on any atom is 0.229 e. The molecule has 0 saturated carbocycles. The van der Waals surface area contributed by atoms with E-state index in [9.17, 15) is 4.79 Å². The van der Waals surface area contributed by atoms with E-state index in [1.165, 1.54) is 0 Å². The van der Waals surface area contributed by atoms with Crippen LogP contribution in [0, 0.1) is 16.7 Å². The molecule has 0 atom stereocenters. The third kappa shape index (κ3) is 3.31. The van der Waals surface area contributed by atoms with Crippen LogP contribution in [0.4, 0.5) is 0 Å². The van der Waals surface area contributed by atoms with Crippen molar-refractivity contribution in [1.82, 2.24) is 4.90 Å². The van der Waals surface area contributed by atoms with Gasteiger partial charge in [0, 0.05) is 20.1 Å². The Morgan fingerprint density at radius 3 is 2.72 bits per heavy atom. The zero-order valence-corrected chi connectivity index (χ0v) is 11.1. The van der Waals surface area contributed by atoms with Gasteiger partial charge in [-0.1, -0.05) is 12.1 Å². The minimum absolute atomic E-state index is 0.00682. The van der Waals surface area contributed by atoms with Crippen LogP contribution in [0.2, 0.25) is 0 Å². The van der Waals surface area contributed by atoms with E-state index in [1.54, 1.807) is 24.1 Å². The van der Waals surface area contributed by atoms with Gasteiger partial charge in [0.1, 0.15) is 0 Å². The minimum atomic E-state index is -0.554. The number of carbonyl (C=O) groups excluding carboxylic acids is 1. The normalized spacial score (nSPS) is 10.8. The number of hydrogen-bond acceptors (Lipinski definition) is 3. The maximum atomic E-state index is 12.1. The summed E-state index contributed by atoms with van der Waals surface area (Å²) in [7, 11) is 1.75. The first-order valence-electron chi connectivity index (χ1n) is 5.85. The molecule has 0 radical (unpaired) electrons. The smallest absolute Gasteiger partial charge is 0.229 e. The molecule has 1 amide bonds. The first-order chi connectivity index (χ1) is 8.40. The van der Waals surface area contributed by atoms with Crippen molar-refractivity contribution in [2.75, 3.05) is 13.6 Å². The Kier molecular flexibility index (Phi) is 4.46. The molecule has 0 saturated heterocycles. The molecule has 0 fully saturated rings. The number of amides is 1. The molecular formula is C14H19N3O. The highest BCUT2D eigenvalue weighted by Gasteiger charge is 2.28. The molecule has 0 bridgehead atoms. The van der Waals surface area contributed by atoms with Crippen LogP contribution in [-0.2, 0) is 11.3 Å². The van der Waals surface area contributed by atoms with Crippen molar-refractivity contribution in [3.63, 3.8) is 0 Å². The Labute approximate surface area is 108 Å². The van der Waals surface area contributed by atoms with E-state index in [-0.39, 0.29) is 5.91 Å². The van der Waals surface area contributed by atoms with Crippen molar-refractivity contribution < 1.29 is 4.79 Å². The highest BCUT2D eigenvalue weighted by atomic mass is 16.2. The van der Waals surface area contributed by atoms with Gasteiger partial charge in [-0.05, 0) is 31.5 Å². The van der Waals surface area contributed by atoms with Crippen LogP contribution < -0.4 is 5.73 Å². The van der Waals surface area contributed by atoms with Gasteiger partial charge < -0.3 is 10.6 Å². The average molecular weight is 245 g/mol. The molecule has 0 unspecified atom stereocenters. The van der Waals surface area contributed by atoms with E-state index in [1.807, 2.05) is 26.0 Å². The highest BCUT2D eigenvalue weighted by molar-refractivity contribution is 5.81. The predicted octanol–water partition coefficient (Wildman–Crippen LogP) is 1.50. The zero-order valence-electron chi connectivity index (χ0n) is 11.1. The quantitative estimate of drug-likeness (QED) is 0.874. The second-order valence-electron chi connectivity index (χ2n) is 5.06. The van der Waals surface area contributed by atoms with Gasteiger partial charge in [0.05, 0.1) is 17.0 Å². The molecule has 0 heterocycles. The van der Waals surface area contributed by atoms with Gasteiger partial charge in [-0.15, -0.1) is 0 Å². The molecule has 0 aliphatic carbocycles. The molecule has 1 aromatic rings. The number of benzene rings is 1. The van der Waals surface area contributed by atoms with Crippen LogP contribution in [0.15, 0.2) is 24.3 Å². The number of carbonyl (C=O) groups is 1. The molecule has 96 valence electrons. The Morgan fingerprint density at radius 2 is 2.17 bits per heavy atom. The molecule has 0 aromatic heterocycles. The highest BCUT2D eigenvalue weighted by Crippen LogP contribution is 2.18. The molecule has 4 nitrogen and oxygen atoms in total. The van der Waals surface area contributed by atoms with Gasteiger partial charge in [-0.25, -0.2) is 0 Å². The van der Waals surface area contributed by atoms with Crippen LogP contribution >= 0.6 is 0 Å². The fourth-order valence-corrected chi connectivity index (χ4v) is 1.69. The Balaban J connectivity index is 2.79. The Bertz CT molecular complexity index is 474. The summed E-state index contributed by atoms with van der Waals surface area (Å²) in [6, 6.07) is 9.35. The lowest BCUT2D eigenvalue weighted by Gasteiger charge is -2.28. The second-order valence-corrected chi connectivity index (χ2v) is 5.06. The third-order valence-corrected chi connectivity index (χ3v) is 2.91. The molecule has 18 heavy (non-hydrogen) atoms. The summed E-state index contributed by atoms with van der Waals surface area (Å²) in [4.78, 5) is 13.8. The van der Waals surface area contributed by atoms with E-state index in [2.05, 4.69) is 6.07 Å². The Hall–Kier alpha value is -1.86. The molecule has 1 aromatic carbocycles. The number of nitrogens with two attached hydrogens (primary N) is 1. The van der Waals surface area contributed by atoms with Crippen LogP contribution in [0.25, 0.3) is 0 Å². The van der Waals surface area contributed by atoms with E-state index < -0.39 is 5.41 Å². The zero-order chi connectivity index (χ0) is 13.8. The van der Waals surface area contributed by atoms with Crippen molar-refractivity contribution in [2.45, 2.75) is 20.4 Å². The SMILES string of the molecule is CN(Cc1cccc(C#N)c1)C(=O)C(C)(C)CN. The lowest BCUT2D eigenvalue weighted by Crippen LogP contribution is -2.42. The van der Waals surface area contributed by atoms with Gasteiger partial charge in [0.15, 0.2) is 0 Å². The van der Waals surface area contributed by atoms with E-state index >= 15 is 0 Å². The van der Waals surface area contributed by atoms with Crippen molar-refractivity contribution in [2.24, 2.45) is 11.1 Å². The number of nitrogens with zero attached hydrogens (tertiary/aromatic N) is 2. The molecule has 2 N–H and O–H groups in total. The molecule has 0 spiro atoms. The van der Waals surface area contributed by atoms with E-state index in [4.69, 9.17) is 11.0 Å². The molecule has 0 aliphatic heterocycles. The van der Waals surface area contributed by atoms with Crippen LogP contribution in [0.3, 0.4) is 0 Å². The molecule has 4 heteroatoms.